The molecule has 2 heterocycles. The molecule has 0 spiro atoms. The maximum atomic E-state index is 9.09. The summed E-state index contributed by atoms with van der Waals surface area (Å²) in [6, 6.07) is 9.62. The van der Waals surface area contributed by atoms with Crippen molar-refractivity contribution in [3.63, 3.8) is 0 Å². The van der Waals surface area contributed by atoms with Gasteiger partial charge in [0.25, 0.3) is 0 Å². The van der Waals surface area contributed by atoms with Crippen molar-refractivity contribution < 1.29 is 0 Å². The standard InChI is InChI=1S/C12H9N5/c1-17-11(14)7(6-13)10-12(17)16-9-5-3-2-4-8(9)15-10/h2-5H,14H2,1H3. The first-order chi connectivity index (χ1) is 8.22. The smallest absolute Gasteiger partial charge is 0.162 e. The molecule has 0 aliphatic carbocycles. The highest BCUT2D eigenvalue weighted by Crippen LogP contribution is 2.25. The number of benzene rings is 1. The van der Waals surface area contributed by atoms with E-state index in [1.54, 1.807) is 11.6 Å². The van der Waals surface area contributed by atoms with Gasteiger partial charge in [-0.05, 0) is 12.1 Å². The summed E-state index contributed by atoms with van der Waals surface area (Å²) < 4.78 is 1.69. The second-order valence-corrected chi connectivity index (χ2v) is 3.82. The van der Waals surface area contributed by atoms with Gasteiger partial charge in [0.15, 0.2) is 5.65 Å². The van der Waals surface area contributed by atoms with Crippen LogP contribution in [-0.4, -0.2) is 14.5 Å². The summed E-state index contributed by atoms with van der Waals surface area (Å²) >= 11 is 0. The molecule has 0 saturated heterocycles. The molecule has 3 rings (SSSR count). The van der Waals surface area contributed by atoms with Crippen molar-refractivity contribution in [3.05, 3.63) is 29.8 Å². The number of hydrogen-bond acceptors (Lipinski definition) is 4. The predicted octanol–water partition coefficient (Wildman–Crippen LogP) is 1.58. The van der Waals surface area contributed by atoms with Crippen LogP contribution >= 0.6 is 0 Å². The van der Waals surface area contributed by atoms with E-state index in [0.29, 0.717) is 22.5 Å². The van der Waals surface area contributed by atoms with Gasteiger partial charge in [0, 0.05) is 7.05 Å². The number of aryl methyl sites for hydroxylation is 1. The SMILES string of the molecule is Cn1c(N)c(C#N)c2nc3ccccc3nc21. The van der Waals surface area contributed by atoms with E-state index >= 15 is 0 Å². The van der Waals surface area contributed by atoms with Gasteiger partial charge in [-0.15, -0.1) is 0 Å². The highest BCUT2D eigenvalue weighted by molar-refractivity contribution is 5.92. The minimum absolute atomic E-state index is 0.390. The van der Waals surface area contributed by atoms with Crippen molar-refractivity contribution in [1.82, 2.24) is 14.5 Å². The molecule has 0 aliphatic rings. The van der Waals surface area contributed by atoms with E-state index < -0.39 is 0 Å². The number of rotatable bonds is 0. The van der Waals surface area contributed by atoms with Crippen molar-refractivity contribution in [3.8, 4) is 6.07 Å². The number of nitriles is 1. The number of fused-ring (bicyclic) bond motifs is 2. The minimum Gasteiger partial charge on any atom is -0.384 e. The molecule has 0 amide bonds. The molecular weight excluding hydrogens is 214 g/mol. The van der Waals surface area contributed by atoms with Crippen LogP contribution in [-0.2, 0) is 7.05 Å². The lowest BCUT2D eigenvalue weighted by Crippen LogP contribution is -1.97. The van der Waals surface area contributed by atoms with E-state index in [0.717, 1.165) is 11.0 Å². The molecule has 1 aromatic carbocycles. The monoisotopic (exact) mass is 223 g/mol. The Hall–Kier alpha value is -2.61. The third-order valence-corrected chi connectivity index (χ3v) is 2.84. The topological polar surface area (TPSA) is 80.5 Å². The van der Waals surface area contributed by atoms with Crippen LogP contribution in [0.4, 0.5) is 5.82 Å². The maximum Gasteiger partial charge on any atom is 0.162 e. The molecule has 5 nitrogen and oxygen atoms in total. The van der Waals surface area contributed by atoms with E-state index in [-0.39, 0.29) is 0 Å². The summed E-state index contributed by atoms with van der Waals surface area (Å²) in [5.74, 6) is 0.401. The highest BCUT2D eigenvalue weighted by atomic mass is 15.1. The molecule has 0 fully saturated rings. The molecule has 0 bridgehead atoms. The Labute approximate surface area is 97.1 Å². The van der Waals surface area contributed by atoms with Gasteiger partial charge in [0.2, 0.25) is 0 Å². The van der Waals surface area contributed by atoms with Gasteiger partial charge in [-0.3, -0.25) is 0 Å². The fourth-order valence-corrected chi connectivity index (χ4v) is 1.91. The second-order valence-electron chi connectivity index (χ2n) is 3.82. The Morgan fingerprint density at radius 3 is 2.53 bits per heavy atom. The Balaban J connectivity index is 2.57. The zero-order chi connectivity index (χ0) is 12.0. The third-order valence-electron chi connectivity index (χ3n) is 2.84. The van der Waals surface area contributed by atoms with Crippen LogP contribution in [0.5, 0.6) is 0 Å². The summed E-state index contributed by atoms with van der Waals surface area (Å²) in [5.41, 5.74) is 9.00. The van der Waals surface area contributed by atoms with Gasteiger partial charge >= 0.3 is 0 Å². The van der Waals surface area contributed by atoms with Crippen molar-refractivity contribution in [2.45, 2.75) is 0 Å². The van der Waals surface area contributed by atoms with Crippen LogP contribution in [0, 0.1) is 11.3 Å². The number of para-hydroxylation sites is 2. The Kier molecular flexibility index (Phi) is 1.80. The average Bonchev–Trinajstić information content (AvgIpc) is 2.59. The van der Waals surface area contributed by atoms with Crippen molar-refractivity contribution in [2.75, 3.05) is 5.73 Å². The molecule has 2 N–H and O–H groups in total. The molecular formula is C12H9N5. The average molecular weight is 223 g/mol. The zero-order valence-electron chi connectivity index (χ0n) is 9.18. The largest absolute Gasteiger partial charge is 0.384 e. The van der Waals surface area contributed by atoms with Crippen molar-refractivity contribution >= 4 is 28.0 Å². The Bertz CT molecular complexity index is 779. The first-order valence-corrected chi connectivity index (χ1v) is 5.13. The van der Waals surface area contributed by atoms with Crippen LogP contribution in [0.3, 0.4) is 0 Å². The van der Waals surface area contributed by atoms with Gasteiger partial charge in [-0.2, -0.15) is 5.26 Å². The third kappa shape index (κ3) is 1.18. The van der Waals surface area contributed by atoms with Gasteiger partial charge < -0.3 is 10.3 Å². The molecule has 0 saturated carbocycles. The molecule has 17 heavy (non-hydrogen) atoms. The normalized spacial score (nSPS) is 10.8. The summed E-state index contributed by atoms with van der Waals surface area (Å²) in [7, 11) is 1.78. The number of anilines is 1. The predicted molar refractivity (Wildman–Crippen MR) is 65.1 cm³/mol. The first kappa shape index (κ1) is 9.60. The first-order valence-electron chi connectivity index (χ1n) is 5.13. The van der Waals surface area contributed by atoms with Gasteiger partial charge in [-0.25, -0.2) is 9.97 Å². The molecule has 82 valence electrons. The lowest BCUT2D eigenvalue weighted by atomic mass is 10.2. The lowest BCUT2D eigenvalue weighted by molar-refractivity contribution is 0.963. The van der Waals surface area contributed by atoms with Gasteiger partial charge in [-0.1, -0.05) is 12.1 Å². The van der Waals surface area contributed by atoms with Gasteiger partial charge in [0.1, 0.15) is 23.0 Å². The Morgan fingerprint density at radius 2 is 1.88 bits per heavy atom. The molecule has 0 atom stereocenters. The summed E-state index contributed by atoms with van der Waals surface area (Å²) in [5, 5.41) is 9.09. The zero-order valence-corrected chi connectivity index (χ0v) is 9.18. The maximum absolute atomic E-state index is 9.09. The number of nitrogens with zero attached hydrogens (tertiary/aromatic N) is 4. The lowest BCUT2D eigenvalue weighted by Gasteiger charge is -1.98. The van der Waals surface area contributed by atoms with E-state index in [1.165, 1.54) is 0 Å². The summed E-state index contributed by atoms with van der Waals surface area (Å²) in [6.07, 6.45) is 0. The van der Waals surface area contributed by atoms with Crippen LogP contribution in [0.25, 0.3) is 22.2 Å². The van der Waals surface area contributed by atoms with Crippen LogP contribution in [0.1, 0.15) is 5.56 Å². The molecule has 0 radical (unpaired) electrons. The number of hydrogen-bond donors (Lipinski definition) is 1. The molecule has 0 unspecified atom stereocenters. The highest BCUT2D eigenvalue weighted by Gasteiger charge is 2.15. The van der Waals surface area contributed by atoms with Crippen molar-refractivity contribution in [2.24, 2.45) is 7.05 Å². The van der Waals surface area contributed by atoms with E-state index in [4.69, 9.17) is 11.0 Å². The van der Waals surface area contributed by atoms with Crippen LogP contribution in [0.15, 0.2) is 24.3 Å². The number of nitrogens with two attached hydrogens (primary N) is 1. The molecule has 3 aromatic rings. The Morgan fingerprint density at radius 1 is 1.24 bits per heavy atom. The summed E-state index contributed by atoms with van der Waals surface area (Å²) in [4.78, 5) is 8.92. The van der Waals surface area contributed by atoms with Crippen LogP contribution < -0.4 is 5.73 Å². The van der Waals surface area contributed by atoms with E-state index in [9.17, 15) is 0 Å². The quantitative estimate of drug-likeness (QED) is 0.627. The fraction of sp³-hybridized carbons (Fsp3) is 0.0833. The van der Waals surface area contributed by atoms with Crippen molar-refractivity contribution in [1.29, 1.82) is 5.26 Å². The minimum atomic E-state index is 0.390. The second kappa shape index (κ2) is 3.19. The van der Waals surface area contributed by atoms with Gasteiger partial charge in [0.05, 0.1) is 11.0 Å². The number of nitrogen functional groups attached to an aromatic ring is 1. The molecule has 5 heteroatoms. The molecule has 0 aliphatic heterocycles. The van der Waals surface area contributed by atoms with E-state index in [2.05, 4.69) is 16.0 Å². The molecule has 2 aromatic heterocycles. The van der Waals surface area contributed by atoms with Crippen LogP contribution in [0.2, 0.25) is 0 Å². The van der Waals surface area contributed by atoms with E-state index in [1.807, 2.05) is 24.3 Å². The summed E-state index contributed by atoms with van der Waals surface area (Å²) in [6.45, 7) is 0. The fourth-order valence-electron chi connectivity index (χ4n) is 1.91. The number of aromatic nitrogens is 3.